The van der Waals surface area contributed by atoms with Crippen LogP contribution in [0.4, 0.5) is 19.0 Å². The highest BCUT2D eigenvalue weighted by Gasteiger charge is 2.26. The number of nitrogens with one attached hydrogen (secondary N) is 2. The quantitative estimate of drug-likeness (QED) is 0.703. The van der Waals surface area contributed by atoms with Crippen LogP contribution >= 0.6 is 15.9 Å². The summed E-state index contributed by atoms with van der Waals surface area (Å²) in [6, 6.07) is 1.37. The Morgan fingerprint density at radius 2 is 2.00 bits per heavy atom. The number of rotatable bonds is 7. The van der Waals surface area contributed by atoms with Gasteiger partial charge in [-0.05, 0) is 34.8 Å². The lowest BCUT2D eigenvalue weighted by atomic mass is 10.2. The monoisotopic (exact) mass is 389 g/mol. The van der Waals surface area contributed by atoms with Gasteiger partial charge in [0.25, 0.3) is 0 Å². The average molecular weight is 390 g/mol. The molecule has 0 saturated carbocycles. The molecule has 120 valence electrons. The third-order valence-electron chi connectivity index (χ3n) is 2.52. The molecule has 0 bridgehead atoms. The van der Waals surface area contributed by atoms with Crippen molar-refractivity contribution in [1.82, 2.24) is 9.71 Å². The standard InChI is InChI=1S/C11H15BrF3N3O2S/c1-16-10-9(6-8(12)7-17-10)21(19,20)18-5-3-2-4-11(13,14)15/h6-7,18H,2-5H2,1H3,(H,16,17). The first-order chi connectivity index (χ1) is 9.65. The summed E-state index contributed by atoms with van der Waals surface area (Å²) in [5, 5.41) is 2.65. The van der Waals surface area contributed by atoms with E-state index >= 15 is 0 Å². The van der Waals surface area contributed by atoms with E-state index in [9.17, 15) is 21.6 Å². The Bertz CT molecular complexity index is 579. The van der Waals surface area contributed by atoms with Crippen molar-refractivity contribution in [3.05, 3.63) is 16.7 Å². The van der Waals surface area contributed by atoms with Gasteiger partial charge in [0.1, 0.15) is 10.7 Å². The number of halogens is 4. The van der Waals surface area contributed by atoms with Gasteiger partial charge in [-0.2, -0.15) is 13.2 Å². The van der Waals surface area contributed by atoms with Crippen LogP contribution in [-0.2, 0) is 10.0 Å². The van der Waals surface area contributed by atoms with E-state index in [0.29, 0.717) is 4.47 Å². The Morgan fingerprint density at radius 1 is 1.33 bits per heavy atom. The number of hydrogen-bond acceptors (Lipinski definition) is 4. The predicted molar refractivity (Wildman–Crippen MR) is 76.6 cm³/mol. The maximum absolute atomic E-state index is 12.1. The van der Waals surface area contributed by atoms with Crippen molar-refractivity contribution in [1.29, 1.82) is 0 Å². The topological polar surface area (TPSA) is 71.1 Å². The molecule has 21 heavy (non-hydrogen) atoms. The molecular weight excluding hydrogens is 375 g/mol. The molecule has 0 saturated heterocycles. The molecule has 0 aliphatic carbocycles. The van der Waals surface area contributed by atoms with Crippen LogP contribution in [0.2, 0.25) is 0 Å². The van der Waals surface area contributed by atoms with Crippen LogP contribution in [0.1, 0.15) is 19.3 Å². The molecule has 1 rings (SSSR count). The first-order valence-electron chi connectivity index (χ1n) is 6.05. The summed E-state index contributed by atoms with van der Waals surface area (Å²) in [4.78, 5) is 3.85. The number of aromatic nitrogens is 1. The summed E-state index contributed by atoms with van der Waals surface area (Å²) in [7, 11) is -2.30. The van der Waals surface area contributed by atoms with Crippen molar-refractivity contribution in [2.45, 2.75) is 30.3 Å². The summed E-state index contributed by atoms with van der Waals surface area (Å²) < 4.78 is 62.8. The maximum atomic E-state index is 12.1. The van der Waals surface area contributed by atoms with Gasteiger partial charge < -0.3 is 5.32 Å². The highest BCUT2D eigenvalue weighted by atomic mass is 79.9. The molecule has 0 atom stereocenters. The Kier molecular flexibility index (Phi) is 6.41. The first kappa shape index (κ1) is 18.2. The Morgan fingerprint density at radius 3 is 2.57 bits per heavy atom. The number of pyridine rings is 1. The molecule has 0 radical (unpaired) electrons. The van der Waals surface area contributed by atoms with Crippen LogP contribution in [0.15, 0.2) is 21.6 Å². The molecule has 0 fully saturated rings. The summed E-state index contributed by atoms with van der Waals surface area (Å²) >= 11 is 3.13. The maximum Gasteiger partial charge on any atom is 0.389 e. The van der Waals surface area contributed by atoms with E-state index in [0.717, 1.165) is 0 Å². The number of hydrogen-bond donors (Lipinski definition) is 2. The minimum atomic E-state index is -4.22. The van der Waals surface area contributed by atoms with Crippen molar-refractivity contribution in [3.63, 3.8) is 0 Å². The smallest absolute Gasteiger partial charge is 0.372 e. The fourth-order valence-electron chi connectivity index (χ4n) is 1.55. The molecule has 10 heteroatoms. The van der Waals surface area contributed by atoms with Gasteiger partial charge in [0, 0.05) is 30.7 Å². The van der Waals surface area contributed by atoms with Gasteiger partial charge >= 0.3 is 6.18 Å². The van der Waals surface area contributed by atoms with E-state index in [1.807, 2.05) is 0 Å². The Balaban J connectivity index is 2.64. The third-order valence-corrected chi connectivity index (χ3v) is 4.43. The van der Waals surface area contributed by atoms with Crippen molar-refractivity contribution >= 4 is 31.8 Å². The molecule has 0 aliphatic heterocycles. The lowest BCUT2D eigenvalue weighted by Crippen LogP contribution is -2.26. The van der Waals surface area contributed by atoms with Gasteiger partial charge in [-0.1, -0.05) is 0 Å². The van der Waals surface area contributed by atoms with Crippen molar-refractivity contribution in [2.24, 2.45) is 0 Å². The van der Waals surface area contributed by atoms with Crippen molar-refractivity contribution in [2.75, 3.05) is 18.9 Å². The lowest BCUT2D eigenvalue weighted by molar-refractivity contribution is -0.135. The average Bonchev–Trinajstić information content (AvgIpc) is 2.36. The first-order valence-corrected chi connectivity index (χ1v) is 8.33. The molecule has 0 aliphatic rings. The number of sulfonamides is 1. The molecule has 0 unspecified atom stereocenters. The van der Waals surface area contributed by atoms with Crippen LogP contribution in [0.5, 0.6) is 0 Å². The van der Waals surface area contributed by atoms with E-state index in [4.69, 9.17) is 0 Å². The largest absolute Gasteiger partial charge is 0.389 e. The van der Waals surface area contributed by atoms with E-state index in [1.165, 1.54) is 19.3 Å². The second-order valence-corrected chi connectivity index (χ2v) is 6.87. The van der Waals surface area contributed by atoms with Crippen LogP contribution in [0.3, 0.4) is 0 Å². The zero-order chi connectivity index (χ0) is 16.1. The van der Waals surface area contributed by atoms with E-state index in [-0.39, 0.29) is 30.1 Å². The molecular formula is C11H15BrF3N3O2S. The van der Waals surface area contributed by atoms with Gasteiger partial charge in [0.05, 0.1) is 0 Å². The second-order valence-electron chi connectivity index (χ2n) is 4.22. The number of alkyl halides is 3. The van der Waals surface area contributed by atoms with Gasteiger partial charge in [-0.15, -0.1) is 0 Å². The molecule has 1 aromatic heterocycles. The predicted octanol–water partition coefficient (Wildman–Crippen LogP) is 2.90. The lowest BCUT2D eigenvalue weighted by Gasteiger charge is -2.11. The summed E-state index contributed by atoms with van der Waals surface area (Å²) in [5.74, 6) is 0.168. The molecule has 2 N–H and O–H groups in total. The van der Waals surface area contributed by atoms with Crippen LogP contribution in [0.25, 0.3) is 0 Å². The zero-order valence-electron chi connectivity index (χ0n) is 11.2. The molecule has 1 heterocycles. The van der Waals surface area contributed by atoms with Gasteiger partial charge in [-0.3, -0.25) is 0 Å². The summed E-state index contributed by atoms with van der Waals surface area (Å²) in [6.45, 7) is -0.0614. The summed E-state index contributed by atoms with van der Waals surface area (Å²) in [6.07, 6.45) is -3.72. The molecule has 0 aromatic carbocycles. The summed E-state index contributed by atoms with van der Waals surface area (Å²) in [5.41, 5.74) is 0. The molecule has 0 amide bonds. The molecule has 5 nitrogen and oxygen atoms in total. The Hall–Kier alpha value is -0.870. The fraction of sp³-hybridized carbons (Fsp3) is 0.545. The van der Waals surface area contributed by atoms with Gasteiger partial charge in [0.2, 0.25) is 10.0 Å². The van der Waals surface area contributed by atoms with E-state index < -0.39 is 22.6 Å². The van der Waals surface area contributed by atoms with Crippen molar-refractivity contribution in [3.8, 4) is 0 Å². The highest BCUT2D eigenvalue weighted by molar-refractivity contribution is 9.10. The SMILES string of the molecule is CNc1ncc(Br)cc1S(=O)(=O)NCCCCC(F)(F)F. The van der Waals surface area contributed by atoms with Gasteiger partial charge in [-0.25, -0.2) is 18.1 Å². The van der Waals surface area contributed by atoms with Crippen LogP contribution in [-0.4, -0.2) is 33.2 Å². The molecule has 0 spiro atoms. The number of unbranched alkanes of at least 4 members (excludes halogenated alkanes) is 1. The highest BCUT2D eigenvalue weighted by Crippen LogP contribution is 2.23. The Labute approximate surface area is 129 Å². The van der Waals surface area contributed by atoms with E-state index in [2.05, 4.69) is 31.0 Å². The normalized spacial score (nSPS) is 12.4. The second kappa shape index (κ2) is 7.41. The number of anilines is 1. The zero-order valence-corrected chi connectivity index (χ0v) is 13.6. The minimum absolute atomic E-state index is 0.0600. The van der Waals surface area contributed by atoms with Crippen LogP contribution < -0.4 is 10.0 Å². The molecule has 1 aromatic rings. The van der Waals surface area contributed by atoms with Gasteiger partial charge in [0.15, 0.2) is 0 Å². The third kappa shape index (κ3) is 6.18. The van der Waals surface area contributed by atoms with E-state index in [1.54, 1.807) is 0 Å². The van der Waals surface area contributed by atoms with Crippen molar-refractivity contribution < 1.29 is 21.6 Å². The fourth-order valence-corrected chi connectivity index (χ4v) is 3.29. The number of nitrogens with zero attached hydrogens (tertiary/aromatic N) is 1. The minimum Gasteiger partial charge on any atom is -0.372 e. The van der Waals surface area contributed by atoms with Crippen LogP contribution in [0, 0.1) is 0 Å².